The second-order valence-corrected chi connectivity index (χ2v) is 12.6. The zero-order valence-corrected chi connectivity index (χ0v) is 27.4. The van der Waals surface area contributed by atoms with Crippen LogP contribution in [0.15, 0.2) is 34.9 Å². The summed E-state index contributed by atoms with van der Waals surface area (Å²) in [6.45, 7) is 6.35. The van der Waals surface area contributed by atoms with Gasteiger partial charge in [-0.05, 0) is 53.4 Å². The summed E-state index contributed by atoms with van der Waals surface area (Å²) >= 11 is 0. The van der Waals surface area contributed by atoms with Crippen molar-refractivity contribution in [2.75, 3.05) is 26.4 Å². The van der Waals surface area contributed by atoms with Gasteiger partial charge in [-0.1, -0.05) is 34.9 Å². The fourth-order valence-electron chi connectivity index (χ4n) is 5.54. The average Bonchev–Trinajstić information content (AvgIpc) is 3.03. The van der Waals surface area contributed by atoms with E-state index in [2.05, 4.69) is 6.08 Å². The van der Waals surface area contributed by atoms with Crippen molar-refractivity contribution in [3.05, 3.63) is 34.9 Å². The van der Waals surface area contributed by atoms with Crippen molar-refractivity contribution in [2.24, 2.45) is 0 Å². The minimum absolute atomic E-state index is 0.0265. The minimum atomic E-state index is -1.73. The van der Waals surface area contributed by atoms with E-state index < -0.39 is 92.6 Å². The molecule has 0 aromatic carbocycles. The number of rotatable bonds is 15. The van der Waals surface area contributed by atoms with Crippen LogP contribution in [0.25, 0.3) is 0 Å². The molecule has 0 spiro atoms. The molecule has 272 valence electrons. The molecule has 0 aromatic heterocycles. The van der Waals surface area contributed by atoms with Crippen LogP contribution in [0.5, 0.6) is 0 Å². The lowest BCUT2D eigenvalue weighted by atomic mass is 9.97. The molecule has 3 aliphatic rings. The van der Waals surface area contributed by atoms with Gasteiger partial charge in [-0.3, -0.25) is 0 Å². The summed E-state index contributed by atoms with van der Waals surface area (Å²) in [6.07, 6.45) is -11.4. The summed E-state index contributed by atoms with van der Waals surface area (Å²) in [7, 11) is 0. The molecular weight excluding hydrogens is 624 g/mol. The maximum absolute atomic E-state index is 11.1. The zero-order chi connectivity index (χ0) is 34.8. The van der Waals surface area contributed by atoms with Crippen LogP contribution in [0.3, 0.4) is 0 Å². The summed E-state index contributed by atoms with van der Waals surface area (Å²) in [6, 6.07) is 0. The third-order valence-corrected chi connectivity index (χ3v) is 8.62. The first-order chi connectivity index (χ1) is 22.3. The van der Waals surface area contributed by atoms with Gasteiger partial charge >= 0.3 is 0 Å². The fourth-order valence-corrected chi connectivity index (χ4v) is 5.54. The number of hydrogen-bond acceptors (Lipinski definition) is 15. The Kier molecular flexibility index (Phi) is 16.3. The Morgan fingerprint density at radius 3 is 1.89 bits per heavy atom. The van der Waals surface area contributed by atoms with Crippen molar-refractivity contribution in [3.63, 3.8) is 0 Å². The van der Waals surface area contributed by atoms with Gasteiger partial charge in [0.1, 0.15) is 61.0 Å². The van der Waals surface area contributed by atoms with E-state index >= 15 is 0 Å². The molecule has 3 aliphatic heterocycles. The molecule has 9 N–H and O–H groups in total. The number of aliphatic hydroxyl groups excluding tert-OH is 9. The molecule has 3 fully saturated rings. The Bertz CT molecular complexity index is 1040. The second kappa shape index (κ2) is 19.1. The van der Waals surface area contributed by atoms with E-state index in [1.807, 2.05) is 26.8 Å². The normalized spacial score (nSPS) is 40.9. The van der Waals surface area contributed by atoms with Crippen molar-refractivity contribution >= 4 is 0 Å². The molecule has 47 heavy (non-hydrogen) atoms. The van der Waals surface area contributed by atoms with Crippen LogP contribution in [0, 0.1) is 0 Å². The average molecular weight is 679 g/mol. The molecule has 0 aliphatic carbocycles. The zero-order valence-electron chi connectivity index (χ0n) is 27.4. The molecule has 0 bridgehead atoms. The van der Waals surface area contributed by atoms with Gasteiger partial charge in [0.2, 0.25) is 0 Å². The van der Waals surface area contributed by atoms with Gasteiger partial charge in [-0.15, -0.1) is 0 Å². The molecule has 0 amide bonds. The first kappa shape index (κ1) is 40.1. The summed E-state index contributed by atoms with van der Waals surface area (Å²) in [4.78, 5) is 0. The van der Waals surface area contributed by atoms with E-state index in [9.17, 15) is 40.9 Å². The Labute approximate surface area is 275 Å². The lowest BCUT2D eigenvalue weighted by Crippen LogP contribution is -2.66. The van der Waals surface area contributed by atoms with Gasteiger partial charge in [0.05, 0.1) is 32.5 Å². The number of allylic oxidation sites excluding steroid dienone is 4. The molecule has 3 heterocycles. The molecule has 3 saturated heterocycles. The van der Waals surface area contributed by atoms with E-state index in [0.29, 0.717) is 0 Å². The SMILES string of the molecule is CC(=CCO)CCC=C(C)CCC=C(C)COC1OC(CO)C(O)C(OC2OCC(O)C(O)C2O)C1OC1OC(C)C(O)C(O)C1O. The standard InChI is InChI=1S/C32H54O15/c1-16(7-5-9-17(2)11-12-33)8-6-10-18(3)14-42-32-29(47-31-27(41)25(39)22(36)19(4)44-31)28(24(38)21(13-34)45-32)46-30-26(40)23(37)20(35)15-43-30/h7,10-11,19-41H,5-6,8-9,12-15H2,1-4H3. The highest BCUT2D eigenvalue weighted by molar-refractivity contribution is 5.06. The molecule has 0 radical (unpaired) electrons. The molecule has 14 unspecified atom stereocenters. The third kappa shape index (κ3) is 11.1. The van der Waals surface area contributed by atoms with Crippen LogP contribution in [-0.2, 0) is 28.4 Å². The minimum Gasteiger partial charge on any atom is -0.394 e. The molecular formula is C32H54O15. The highest BCUT2D eigenvalue weighted by Gasteiger charge is 2.53. The summed E-state index contributed by atoms with van der Waals surface area (Å²) in [5.41, 5.74) is 3.18. The Morgan fingerprint density at radius 2 is 1.26 bits per heavy atom. The van der Waals surface area contributed by atoms with Gasteiger partial charge in [-0.2, -0.15) is 0 Å². The predicted molar refractivity (Wildman–Crippen MR) is 164 cm³/mol. The van der Waals surface area contributed by atoms with E-state index in [1.165, 1.54) is 12.5 Å². The number of hydrogen-bond donors (Lipinski definition) is 9. The van der Waals surface area contributed by atoms with Crippen LogP contribution >= 0.6 is 0 Å². The van der Waals surface area contributed by atoms with Gasteiger partial charge in [0.15, 0.2) is 18.9 Å². The molecule has 0 saturated carbocycles. The Balaban J connectivity index is 1.75. The molecule has 14 atom stereocenters. The molecule has 15 nitrogen and oxygen atoms in total. The predicted octanol–water partition coefficient (Wildman–Crippen LogP) is -1.49. The summed E-state index contributed by atoms with van der Waals surface area (Å²) in [5.74, 6) is 0. The Hall–Kier alpha value is -1.38. The van der Waals surface area contributed by atoms with E-state index in [4.69, 9.17) is 33.5 Å². The topological polar surface area (TPSA) is 237 Å². The van der Waals surface area contributed by atoms with E-state index in [1.54, 1.807) is 6.08 Å². The monoisotopic (exact) mass is 678 g/mol. The highest BCUT2D eigenvalue weighted by atomic mass is 16.8. The molecule has 3 rings (SSSR count). The third-order valence-electron chi connectivity index (χ3n) is 8.62. The highest BCUT2D eigenvalue weighted by Crippen LogP contribution is 2.33. The lowest BCUT2D eigenvalue weighted by molar-refractivity contribution is -0.385. The first-order valence-corrected chi connectivity index (χ1v) is 16.1. The molecule has 0 aromatic rings. The van der Waals surface area contributed by atoms with Crippen LogP contribution in [0.4, 0.5) is 0 Å². The van der Waals surface area contributed by atoms with Crippen molar-refractivity contribution in [2.45, 2.75) is 139 Å². The fraction of sp³-hybridized carbons (Fsp3) is 0.812. The van der Waals surface area contributed by atoms with E-state index in [-0.39, 0.29) is 19.8 Å². The number of aliphatic hydroxyl groups is 9. The van der Waals surface area contributed by atoms with Gasteiger partial charge in [0, 0.05) is 0 Å². The van der Waals surface area contributed by atoms with Crippen LogP contribution in [0.2, 0.25) is 0 Å². The van der Waals surface area contributed by atoms with Gasteiger partial charge in [-0.25, -0.2) is 0 Å². The van der Waals surface area contributed by atoms with Crippen molar-refractivity contribution in [1.82, 2.24) is 0 Å². The largest absolute Gasteiger partial charge is 0.394 e. The lowest BCUT2D eigenvalue weighted by Gasteiger charge is -2.48. The number of ether oxygens (including phenoxy) is 6. The summed E-state index contributed by atoms with van der Waals surface area (Å²) < 4.78 is 34.8. The Morgan fingerprint density at radius 1 is 0.660 bits per heavy atom. The second-order valence-electron chi connectivity index (χ2n) is 12.6. The van der Waals surface area contributed by atoms with Crippen molar-refractivity contribution in [1.29, 1.82) is 0 Å². The van der Waals surface area contributed by atoms with Crippen molar-refractivity contribution in [3.8, 4) is 0 Å². The maximum Gasteiger partial charge on any atom is 0.187 e. The maximum atomic E-state index is 11.1. The van der Waals surface area contributed by atoms with E-state index in [0.717, 1.165) is 36.8 Å². The van der Waals surface area contributed by atoms with Crippen molar-refractivity contribution < 1.29 is 74.4 Å². The van der Waals surface area contributed by atoms with Gasteiger partial charge in [0.25, 0.3) is 0 Å². The smallest absolute Gasteiger partial charge is 0.187 e. The molecule has 15 heteroatoms. The van der Waals surface area contributed by atoms with Gasteiger partial charge < -0.3 is 74.4 Å². The van der Waals surface area contributed by atoms with Crippen LogP contribution in [-0.4, -0.2) is 158 Å². The summed E-state index contributed by atoms with van der Waals surface area (Å²) in [5, 5.41) is 91.8. The van der Waals surface area contributed by atoms with Crippen LogP contribution < -0.4 is 0 Å². The first-order valence-electron chi connectivity index (χ1n) is 16.1. The quantitative estimate of drug-likeness (QED) is 0.0897. The van der Waals surface area contributed by atoms with Crippen LogP contribution in [0.1, 0.15) is 53.4 Å².